The van der Waals surface area contributed by atoms with Gasteiger partial charge in [0.15, 0.2) is 0 Å². The summed E-state index contributed by atoms with van der Waals surface area (Å²) >= 11 is 0. The molecule has 0 saturated heterocycles. The van der Waals surface area contributed by atoms with Gasteiger partial charge in [-0.3, -0.25) is 0 Å². The van der Waals surface area contributed by atoms with E-state index in [0.717, 1.165) is 33.0 Å². The minimum absolute atomic E-state index is 0.196. The average Bonchev–Trinajstić information content (AvgIpc) is 2.71. The van der Waals surface area contributed by atoms with Gasteiger partial charge in [0.2, 0.25) is 0 Å². The van der Waals surface area contributed by atoms with Crippen molar-refractivity contribution >= 4 is 21.9 Å². The number of benzene rings is 1. The third-order valence-electron chi connectivity index (χ3n) is 3.24. The lowest BCUT2D eigenvalue weighted by molar-refractivity contribution is 0.277. The Morgan fingerprint density at radius 2 is 1.72 bits per heavy atom. The zero-order valence-electron chi connectivity index (χ0n) is 10.4. The smallest absolute Gasteiger partial charge is 0.255 e. The Balaban J connectivity index is 2.63. The second kappa shape index (κ2) is 3.63. The molecule has 92 valence electrons. The molecule has 0 aliphatic carbocycles. The van der Waals surface area contributed by atoms with Crippen LogP contribution in [0.15, 0.2) is 32.4 Å². The van der Waals surface area contributed by atoms with Crippen LogP contribution in [0.1, 0.15) is 16.7 Å². The van der Waals surface area contributed by atoms with E-state index in [0.29, 0.717) is 5.58 Å². The molecule has 0 fully saturated rings. The first-order valence-electron chi connectivity index (χ1n) is 5.72. The lowest BCUT2D eigenvalue weighted by Gasteiger charge is -2.04. The summed E-state index contributed by atoms with van der Waals surface area (Å²) in [5, 5.41) is 14.0. The van der Waals surface area contributed by atoms with Crippen LogP contribution in [0.3, 0.4) is 0 Å². The van der Waals surface area contributed by atoms with Crippen LogP contribution in [-0.4, -0.2) is 5.21 Å². The molecule has 1 aromatic carbocycles. The van der Waals surface area contributed by atoms with Crippen LogP contribution in [0.25, 0.3) is 21.9 Å². The molecule has 2 aromatic heterocycles. The number of hydrogen-bond donors (Lipinski definition) is 1. The third-order valence-corrected chi connectivity index (χ3v) is 3.24. The minimum Gasteiger partial charge on any atom is -0.463 e. The summed E-state index contributed by atoms with van der Waals surface area (Å²) in [7, 11) is 0. The number of hydrogen-bond acceptors (Lipinski definition) is 4. The maximum absolute atomic E-state index is 8.82. The highest BCUT2D eigenvalue weighted by Gasteiger charge is 2.13. The van der Waals surface area contributed by atoms with Crippen LogP contribution < -0.4 is 5.55 Å². The predicted octanol–water partition coefficient (Wildman–Crippen LogP) is 3.39. The molecular formula is C14H13NO3. The van der Waals surface area contributed by atoms with Gasteiger partial charge < -0.3 is 14.0 Å². The summed E-state index contributed by atoms with van der Waals surface area (Å²) in [6.45, 7) is 5.98. The van der Waals surface area contributed by atoms with Crippen molar-refractivity contribution in [3.63, 3.8) is 0 Å². The van der Waals surface area contributed by atoms with Crippen LogP contribution in [0, 0.1) is 20.8 Å². The highest BCUT2D eigenvalue weighted by atomic mass is 16.5. The Morgan fingerprint density at radius 1 is 1.00 bits per heavy atom. The van der Waals surface area contributed by atoms with Gasteiger partial charge in [0, 0.05) is 11.5 Å². The zero-order chi connectivity index (χ0) is 12.9. The lowest BCUT2D eigenvalue weighted by atomic mass is 10.0. The van der Waals surface area contributed by atoms with E-state index in [2.05, 4.69) is 5.16 Å². The van der Waals surface area contributed by atoms with Gasteiger partial charge in [0.1, 0.15) is 11.2 Å². The zero-order valence-corrected chi connectivity index (χ0v) is 10.4. The number of furan rings is 1. The van der Waals surface area contributed by atoms with Crippen LogP contribution >= 0.6 is 0 Å². The van der Waals surface area contributed by atoms with E-state index >= 15 is 0 Å². The number of aryl methyl sites for hydroxylation is 3. The number of fused-ring (bicyclic) bond motifs is 3. The van der Waals surface area contributed by atoms with Crippen molar-refractivity contribution in [3.8, 4) is 0 Å². The van der Waals surface area contributed by atoms with Gasteiger partial charge in [-0.15, -0.1) is 0 Å². The molecule has 0 radical (unpaired) electrons. The highest BCUT2D eigenvalue weighted by Crippen LogP contribution is 2.32. The number of nitrogens with zero attached hydrogens (tertiary/aromatic N) is 1. The van der Waals surface area contributed by atoms with Crippen molar-refractivity contribution in [2.75, 3.05) is 0 Å². The molecule has 18 heavy (non-hydrogen) atoms. The summed E-state index contributed by atoms with van der Waals surface area (Å²) in [6, 6.07) is 3.64. The largest absolute Gasteiger partial charge is 0.463 e. The maximum Gasteiger partial charge on any atom is 0.255 e. The van der Waals surface area contributed by atoms with Crippen LogP contribution in [0.4, 0.5) is 0 Å². The molecule has 0 atom stereocenters. The van der Waals surface area contributed by atoms with Gasteiger partial charge in [0.05, 0.1) is 11.6 Å². The molecule has 0 amide bonds. The van der Waals surface area contributed by atoms with Crippen molar-refractivity contribution < 1.29 is 14.0 Å². The Hall–Kier alpha value is -2.23. The second-order valence-electron chi connectivity index (χ2n) is 4.56. The van der Waals surface area contributed by atoms with Crippen molar-refractivity contribution in [1.82, 2.24) is 0 Å². The van der Waals surface area contributed by atoms with E-state index in [-0.39, 0.29) is 5.55 Å². The van der Waals surface area contributed by atoms with E-state index < -0.39 is 0 Å². The van der Waals surface area contributed by atoms with Crippen LogP contribution in [0.5, 0.6) is 0 Å². The monoisotopic (exact) mass is 243 g/mol. The van der Waals surface area contributed by atoms with Crippen LogP contribution in [0.2, 0.25) is 0 Å². The normalized spacial score (nSPS) is 12.7. The first-order valence-corrected chi connectivity index (χ1v) is 5.72. The summed E-state index contributed by atoms with van der Waals surface area (Å²) < 4.78 is 11.2. The van der Waals surface area contributed by atoms with Gasteiger partial charge in [-0.05, 0) is 48.7 Å². The molecule has 1 N–H and O–H groups in total. The van der Waals surface area contributed by atoms with Crippen molar-refractivity contribution in [1.29, 1.82) is 0 Å². The average molecular weight is 243 g/mol. The van der Waals surface area contributed by atoms with E-state index in [1.165, 1.54) is 0 Å². The second-order valence-corrected chi connectivity index (χ2v) is 4.56. The fraction of sp³-hybridized carbons (Fsp3) is 0.214. The third kappa shape index (κ3) is 1.35. The van der Waals surface area contributed by atoms with E-state index in [1.807, 2.05) is 26.8 Å². The quantitative estimate of drug-likeness (QED) is 0.486. The summed E-state index contributed by atoms with van der Waals surface area (Å²) in [6.07, 6.45) is 1.75. The Bertz CT molecular complexity index is 824. The fourth-order valence-corrected chi connectivity index (χ4v) is 2.47. The van der Waals surface area contributed by atoms with E-state index in [9.17, 15) is 0 Å². The topological polar surface area (TPSA) is 58.9 Å². The van der Waals surface area contributed by atoms with Crippen LogP contribution in [-0.2, 0) is 0 Å². The van der Waals surface area contributed by atoms with Gasteiger partial charge >= 0.3 is 0 Å². The maximum atomic E-state index is 8.82. The van der Waals surface area contributed by atoms with E-state index in [4.69, 9.17) is 14.0 Å². The van der Waals surface area contributed by atoms with E-state index in [1.54, 1.807) is 12.3 Å². The SMILES string of the molecule is Cc1coc2c1c(C)cc1o/c(=N/O)cc(C)c12. The van der Waals surface area contributed by atoms with Crippen molar-refractivity contribution in [2.45, 2.75) is 20.8 Å². The minimum atomic E-state index is 0.196. The first-order chi connectivity index (χ1) is 8.61. The summed E-state index contributed by atoms with van der Waals surface area (Å²) in [5.74, 6) is 0. The number of rotatable bonds is 0. The lowest BCUT2D eigenvalue weighted by Crippen LogP contribution is -2.01. The Morgan fingerprint density at radius 3 is 2.44 bits per heavy atom. The standard InChI is InChI=1S/C14H13NO3/c1-7-4-10-13(8(2)5-11(15-16)18-10)14-12(7)9(3)6-17-14/h4-6,16H,1-3H3/b15-11+. The first kappa shape index (κ1) is 10.9. The highest BCUT2D eigenvalue weighted by molar-refractivity contribution is 6.06. The molecule has 3 aromatic rings. The molecule has 0 aliphatic heterocycles. The molecule has 3 rings (SSSR count). The Labute approximate surface area is 103 Å². The molecule has 2 heterocycles. The van der Waals surface area contributed by atoms with Crippen molar-refractivity contribution in [3.05, 3.63) is 40.6 Å². The molecule has 0 unspecified atom stereocenters. The van der Waals surface area contributed by atoms with Gasteiger partial charge in [-0.1, -0.05) is 0 Å². The van der Waals surface area contributed by atoms with Gasteiger partial charge in [-0.2, -0.15) is 0 Å². The molecule has 0 aliphatic rings. The molecule has 4 heteroatoms. The predicted molar refractivity (Wildman–Crippen MR) is 67.5 cm³/mol. The fourth-order valence-electron chi connectivity index (χ4n) is 2.47. The molecule has 4 nitrogen and oxygen atoms in total. The van der Waals surface area contributed by atoms with Crippen molar-refractivity contribution in [2.24, 2.45) is 5.16 Å². The molecular weight excluding hydrogens is 230 g/mol. The molecule has 0 saturated carbocycles. The van der Waals surface area contributed by atoms with Gasteiger partial charge in [-0.25, -0.2) is 0 Å². The Kier molecular flexibility index (Phi) is 2.20. The molecule has 0 spiro atoms. The summed E-state index contributed by atoms with van der Waals surface area (Å²) in [4.78, 5) is 0. The van der Waals surface area contributed by atoms with Gasteiger partial charge in [0.25, 0.3) is 5.55 Å². The molecule has 0 bridgehead atoms. The summed E-state index contributed by atoms with van der Waals surface area (Å²) in [5.41, 5.74) is 4.85.